The smallest absolute Gasteiger partial charge is 0.289 e. The molecule has 2 aromatic carbocycles. The zero-order valence-electron chi connectivity index (χ0n) is 15.5. The quantitative estimate of drug-likeness (QED) is 0.604. The van der Waals surface area contributed by atoms with Crippen molar-refractivity contribution in [2.45, 2.75) is 28.4 Å². The van der Waals surface area contributed by atoms with Gasteiger partial charge in [0.05, 0.1) is 15.6 Å². The molecule has 1 aliphatic heterocycles. The number of carbonyl (C=O) groups is 1. The van der Waals surface area contributed by atoms with Crippen molar-refractivity contribution >= 4 is 45.0 Å². The summed E-state index contributed by atoms with van der Waals surface area (Å²) in [6.45, 7) is 0.0892. The van der Waals surface area contributed by atoms with Crippen molar-refractivity contribution in [3.63, 3.8) is 0 Å². The third-order valence-corrected chi connectivity index (χ3v) is 7.92. The second kappa shape index (κ2) is 9.59. The number of anilines is 1. The molecule has 1 aliphatic rings. The van der Waals surface area contributed by atoms with E-state index < -0.39 is 38.3 Å². The molecule has 1 fully saturated rings. The summed E-state index contributed by atoms with van der Waals surface area (Å²) in [4.78, 5) is 12.3. The summed E-state index contributed by atoms with van der Waals surface area (Å²) in [7, 11) is -4.00. The zero-order valence-corrected chi connectivity index (χ0v) is 17.9. The number of benzene rings is 2. The van der Waals surface area contributed by atoms with Crippen LogP contribution in [-0.2, 0) is 14.8 Å². The number of carbonyl (C=O) groups excluding carboxylic acids is 1. The first-order valence-corrected chi connectivity index (χ1v) is 11.7. The van der Waals surface area contributed by atoms with Crippen molar-refractivity contribution in [3.05, 3.63) is 53.3 Å². The molecule has 30 heavy (non-hydrogen) atoms. The van der Waals surface area contributed by atoms with Crippen LogP contribution in [0.2, 0.25) is 5.02 Å². The number of hydrogen-bond acceptors (Lipinski definition) is 4. The molecule has 0 aromatic heterocycles. The number of alkyl halides is 2. The highest BCUT2D eigenvalue weighted by Crippen LogP contribution is 2.38. The normalized spacial score (nSPS) is 16.0. The molecule has 3 rings (SSSR count). The molecule has 0 bridgehead atoms. The second-order valence-electron chi connectivity index (χ2n) is 6.59. The summed E-state index contributed by atoms with van der Waals surface area (Å²) in [6, 6.07) is 9.59. The number of nitrogens with one attached hydrogen (secondary N) is 1. The minimum Gasteiger partial charge on any atom is -0.325 e. The van der Waals surface area contributed by atoms with E-state index in [1.54, 1.807) is 0 Å². The topological polar surface area (TPSA) is 66.5 Å². The Bertz CT molecular complexity index is 1030. The number of thioether (sulfide) groups is 1. The highest BCUT2D eigenvalue weighted by atomic mass is 35.5. The van der Waals surface area contributed by atoms with Crippen molar-refractivity contribution in [1.29, 1.82) is 0 Å². The van der Waals surface area contributed by atoms with Gasteiger partial charge in [0.1, 0.15) is 10.7 Å². The molecule has 2 aromatic rings. The van der Waals surface area contributed by atoms with Gasteiger partial charge >= 0.3 is 0 Å². The lowest BCUT2D eigenvalue weighted by molar-refractivity contribution is -0.120. The third-order valence-electron chi connectivity index (χ3n) is 4.71. The lowest BCUT2D eigenvalue weighted by Gasteiger charge is -2.30. The van der Waals surface area contributed by atoms with E-state index in [9.17, 15) is 26.4 Å². The minimum atomic E-state index is -4.00. The van der Waals surface area contributed by atoms with E-state index in [-0.39, 0.29) is 53.3 Å². The Balaban J connectivity index is 1.67. The molecule has 0 unspecified atom stereocenters. The molecule has 0 atom stereocenters. The summed E-state index contributed by atoms with van der Waals surface area (Å²) >= 11 is 6.21. The number of sulfonamides is 1. The predicted molar refractivity (Wildman–Crippen MR) is 110 cm³/mol. The Kier molecular flexibility index (Phi) is 7.33. The average Bonchev–Trinajstić information content (AvgIpc) is 2.70. The van der Waals surface area contributed by atoms with Gasteiger partial charge in [-0.15, -0.1) is 0 Å². The van der Waals surface area contributed by atoms with Crippen LogP contribution in [-0.4, -0.2) is 37.5 Å². The van der Waals surface area contributed by atoms with Crippen molar-refractivity contribution in [3.8, 4) is 0 Å². The van der Waals surface area contributed by atoms with E-state index in [2.05, 4.69) is 5.32 Å². The van der Waals surface area contributed by atoms with Crippen molar-refractivity contribution in [2.75, 3.05) is 18.4 Å². The molecular formula is C19H18ClF3N2O3S2. The summed E-state index contributed by atoms with van der Waals surface area (Å²) in [5.74, 6) is -4.45. The van der Waals surface area contributed by atoms with E-state index in [0.717, 1.165) is 10.4 Å². The molecule has 1 heterocycles. The second-order valence-corrected chi connectivity index (χ2v) is 9.91. The van der Waals surface area contributed by atoms with Crippen LogP contribution in [0.25, 0.3) is 0 Å². The maximum absolute atomic E-state index is 13.9. The Hall–Kier alpha value is -1.75. The van der Waals surface area contributed by atoms with Crippen LogP contribution >= 0.6 is 23.4 Å². The van der Waals surface area contributed by atoms with E-state index in [4.69, 9.17) is 11.6 Å². The third kappa shape index (κ3) is 5.11. The van der Waals surface area contributed by atoms with Crippen molar-refractivity contribution in [1.82, 2.24) is 4.31 Å². The van der Waals surface area contributed by atoms with Crippen molar-refractivity contribution < 1.29 is 26.4 Å². The molecule has 0 saturated carbocycles. The van der Waals surface area contributed by atoms with Crippen LogP contribution in [0.1, 0.15) is 12.8 Å². The van der Waals surface area contributed by atoms with Gasteiger partial charge in [-0.05, 0) is 37.1 Å². The number of nitrogens with zero attached hydrogens (tertiary/aromatic N) is 1. The van der Waals surface area contributed by atoms with Crippen LogP contribution in [0.3, 0.4) is 0 Å². The number of halogens is 4. The fraction of sp³-hybridized carbons (Fsp3) is 0.316. The van der Waals surface area contributed by atoms with Gasteiger partial charge in [-0.1, -0.05) is 41.6 Å². The van der Waals surface area contributed by atoms with Gasteiger partial charge in [0, 0.05) is 19.0 Å². The van der Waals surface area contributed by atoms with Crippen LogP contribution < -0.4 is 5.32 Å². The van der Waals surface area contributed by atoms with Gasteiger partial charge in [0.15, 0.2) is 0 Å². The number of rotatable bonds is 6. The molecule has 0 aliphatic carbocycles. The maximum atomic E-state index is 13.9. The molecule has 162 valence electrons. The lowest BCUT2D eigenvalue weighted by atomic mass is 9.97. The first-order valence-electron chi connectivity index (χ1n) is 8.99. The van der Waals surface area contributed by atoms with Gasteiger partial charge in [0.25, 0.3) is 5.76 Å². The summed E-state index contributed by atoms with van der Waals surface area (Å²) < 4.78 is 66.0. The first kappa shape index (κ1) is 22.9. The standard InChI is InChI=1S/C19H18ClF3N2O3S2/c20-13-4-3-6-15(17(13)29-19(22)23)24-18(26)12-8-10-25(11-9-12)30(27,28)16-7-2-1-5-14(16)21/h1-7,12,19H,8-11H2,(H,24,26). The van der Waals surface area contributed by atoms with Crippen LogP contribution in [0, 0.1) is 11.7 Å². The Morgan fingerprint density at radius 1 is 1.13 bits per heavy atom. The van der Waals surface area contributed by atoms with E-state index >= 15 is 0 Å². The van der Waals surface area contributed by atoms with Gasteiger partial charge < -0.3 is 5.32 Å². The SMILES string of the molecule is O=C(Nc1cccc(Cl)c1SC(F)F)C1CCN(S(=O)(=O)c2ccccc2F)CC1. The van der Waals surface area contributed by atoms with E-state index in [1.165, 1.54) is 36.4 Å². The van der Waals surface area contributed by atoms with Gasteiger partial charge in [-0.3, -0.25) is 4.79 Å². The molecule has 0 spiro atoms. The zero-order chi connectivity index (χ0) is 21.9. The molecule has 11 heteroatoms. The predicted octanol–water partition coefficient (Wildman–Crippen LogP) is 4.83. The van der Waals surface area contributed by atoms with Gasteiger partial charge in [-0.2, -0.15) is 13.1 Å². The Labute approximate surface area is 181 Å². The number of piperidine rings is 1. The van der Waals surface area contributed by atoms with E-state index in [1.807, 2.05) is 0 Å². The van der Waals surface area contributed by atoms with Gasteiger partial charge in [-0.25, -0.2) is 12.8 Å². The van der Waals surface area contributed by atoms with Crippen LogP contribution in [0.15, 0.2) is 52.3 Å². The van der Waals surface area contributed by atoms with Crippen LogP contribution in [0.4, 0.5) is 18.9 Å². The molecule has 1 saturated heterocycles. The molecule has 1 amide bonds. The van der Waals surface area contributed by atoms with Crippen LogP contribution in [0.5, 0.6) is 0 Å². The fourth-order valence-electron chi connectivity index (χ4n) is 3.20. The van der Waals surface area contributed by atoms with Gasteiger partial charge in [0.2, 0.25) is 15.9 Å². The number of hydrogen-bond donors (Lipinski definition) is 1. The first-order chi connectivity index (χ1) is 14.2. The Morgan fingerprint density at radius 3 is 2.43 bits per heavy atom. The molecule has 5 nitrogen and oxygen atoms in total. The number of amides is 1. The summed E-state index contributed by atoms with van der Waals surface area (Å²) in [5, 5.41) is 2.72. The van der Waals surface area contributed by atoms with Crippen molar-refractivity contribution in [2.24, 2.45) is 5.92 Å². The monoisotopic (exact) mass is 478 g/mol. The highest BCUT2D eigenvalue weighted by molar-refractivity contribution is 7.99. The average molecular weight is 479 g/mol. The minimum absolute atomic E-state index is 0.0446. The summed E-state index contributed by atoms with van der Waals surface area (Å²) in [5.41, 5.74) is 0.180. The summed E-state index contributed by atoms with van der Waals surface area (Å²) in [6.07, 6.45) is 0.439. The van der Waals surface area contributed by atoms with E-state index in [0.29, 0.717) is 0 Å². The molecular weight excluding hydrogens is 461 g/mol. The molecule has 0 radical (unpaired) electrons. The highest BCUT2D eigenvalue weighted by Gasteiger charge is 2.33. The molecule has 1 N–H and O–H groups in total. The Morgan fingerprint density at radius 2 is 1.80 bits per heavy atom. The lowest BCUT2D eigenvalue weighted by Crippen LogP contribution is -2.41. The maximum Gasteiger partial charge on any atom is 0.289 e. The fourth-order valence-corrected chi connectivity index (χ4v) is 5.65. The largest absolute Gasteiger partial charge is 0.325 e.